The van der Waals surface area contributed by atoms with Crippen LogP contribution in [-0.2, 0) is 4.79 Å². The Morgan fingerprint density at radius 3 is 3.00 bits per heavy atom. The van der Waals surface area contributed by atoms with Crippen LogP contribution in [0.3, 0.4) is 0 Å². The van der Waals surface area contributed by atoms with Gasteiger partial charge in [0.25, 0.3) is 0 Å². The van der Waals surface area contributed by atoms with E-state index >= 15 is 0 Å². The summed E-state index contributed by atoms with van der Waals surface area (Å²) in [6.07, 6.45) is 4.57. The zero-order chi connectivity index (χ0) is 7.68. The third-order valence-electron chi connectivity index (χ3n) is 1.39. The summed E-state index contributed by atoms with van der Waals surface area (Å²) >= 11 is 0. The SMILES string of the molecule is O=C1C=c2nccnc2=NC1. The number of Topliss-reactive ketones (excluding diaryl/α,β-unsaturated/α-hetero) is 1. The lowest BCUT2D eigenvalue weighted by Crippen LogP contribution is -2.36. The summed E-state index contributed by atoms with van der Waals surface area (Å²) in [5, 5.41) is 0.573. The molecule has 1 aromatic rings. The van der Waals surface area contributed by atoms with Gasteiger partial charge in [-0.15, -0.1) is 0 Å². The van der Waals surface area contributed by atoms with E-state index in [-0.39, 0.29) is 12.3 Å². The van der Waals surface area contributed by atoms with E-state index < -0.39 is 0 Å². The highest BCUT2D eigenvalue weighted by atomic mass is 16.1. The van der Waals surface area contributed by atoms with Crippen molar-refractivity contribution in [2.45, 2.75) is 0 Å². The average Bonchev–Trinajstić information content (AvgIpc) is 2.04. The van der Waals surface area contributed by atoms with Gasteiger partial charge in [0.2, 0.25) is 0 Å². The van der Waals surface area contributed by atoms with Crippen molar-refractivity contribution in [3.63, 3.8) is 0 Å². The van der Waals surface area contributed by atoms with Crippen LogP contribution < -0.4 is 10.8 Å². The first-order valence-electron chi connectivity index (χ1n) is 3.22. The van der Waals surface area contributed by atoms with Crippen molar-refractivity contribution < 1.29 is 4.79 Å². The van der Waals surface area contributed by atoms with Crippen LogP contribution in [0.15, 0.2) is 17.4 Å². The van der Waals surface area contributed by atoms with E-state index in [1.165, 1.54) is 6.08 Å². The van der Waals surface area contributed by atoms with Crippen LogP contribution in [0.2, 0.25) is 0 Å². The Morgan fingerprint density at radius 2 is 2.09 bits per heavy atom. The predicted octanol–water partition coefficient (Wildman–Crippen LogP) is -1.54. The Morgan fingerprint density at radius 1 is 1.27 bits per heavy atom. The third kappa shape index (κ3) is 1.02. The second kappa shape index (κ2) is 2.23. The number of rotatable bonds is 0. The van der Waals surface area contributed by atoms with Gasteiger partial charge in [-0.1, -0.05) is 0 Å². The molecule has 11 heavy (non-hydrogen) atoms. The monoisotopic (exact) mass is 147 g/mol. The van der Waals surface area contributed by atoms with E-state index in [0.29, 0.717) is 10.8 Å². The fraction of sp³-hybridized carbons (Fsp3) is 0.143. The Balaban J connectivity index is 2.83. The molecule has 1 aliphatic heterocycles. The van der Waals surface area contributed by atoms with Crippen LogP contribution in [0.4, 0.5) is 0 Å². The lowest BCUT2D eigenvalue weighted by atomic mass is 10.3. The third-order valence-corrected chi connectivity index (χ3v) is 1.39. The van der Waals surface area contributed by atoms with Gasteiger partial charge >= 0.3 is 0 Å². The molecular formula is C7H5N3O. The van der Waals surface area contributed by atoms with Crippen LogP contribution in [0, 0.1) is 0 Å². The first-order chi connectivity index (χ1) is 5.36. The molecule has 1 aromatic heterocycles. The van der Waals surface area contributed by atoms with Crippen molar-refractivity contribution in [1.82, 2.24) is 9.97 Å². The molecule has 0 saturated heterocycles. The first kappa shape index (κ1) is 6.15. The summed E-state index contributed by atoms with van der Waals surface area (Å²) < 4.78 is 0. The zero-order valence-corrected chi connectivity index (χ0v) is 5.69. The summed E-state index contributed by atoms with van der Waals surface area (Å²) in [6.45, 7) is 0.200. The Labute approximate surface area is 62.3 Å². The minimum atomic E-state index is -0.0157. The number of carbonyl (C=O) groups is 1. The van der Waals surface area contributed by atoms with Crippen molar-refractivity contribution in [3.8, 4) is 0 Å². The molecule has 1 aliphatic rings. The molecule has 0 N–H and O–H groups in total. The van der Waals surface area contributed by atoms with Gasteiger partial charge in [0.15, 0.2) is 11.3 Å². The van der Waals surface area contributed by atoms with E-state index in [4.69, 9.17) is 0 Å². The molecule has 2 rings (SSSR count). The molecule has 0 bridgehead atoms. The van der Waals surface area contributed by atoms with Crippen molar-refractivity contribution in [2.75, 3.05) is 6.54 Å². The molecule has 0 amide bonds. The van der Waals surface area contributed by atoms with E-state index in [1.807, 2.05) is 0 Å². The minimum absolute atomic E-state index is 0.0157. The van der Waals surface area contributed by atoms with Gasteiger partial charge in [-0.3, -0.25) is 14.8 Å². The average molecular weight is 147 g/mol. The normalized spacial score (nSPS) is 14.7. The molecule has 0 fully saturated rings. The van der Waals surface area contributed by atoms with E-state index in [2.05, 4.69) is 15.0 Å². The highest BCUT2D eigenvalue weighted by Crippen LogP contribution is 1.78. The molecule has 0 atom stereocenters. The molecule has 4 heteroatoms. The van der Waals surface area contributed by atoms with Crippen LogP contribution in [0.1, 0.15) is 0 Å². The van der Waals surface area contributed by atoms with Gasteiger partial charge in [0.05, 0.1) is 0 Å². The Bertz CT molecular complexity index is 410. The second-order valence-corrected chi connectivity index (χ2v) is 2.19. The molecule has 0 saturated carbocycles. The van der Waals surface area contributed by atoms with Crippen molar-refractivity contribution in [3.05, 3.63) is 23.2 Å². The number of carbonyl (C=O) groups excluding carboxylic acids is 1. The van der Waals surface area contributed by atoms with Gasteiger partial charge < -0.3 is 0 Å². The van der Waals surface area contributed by atoms with Gasteiger partial charge in [0.1, 0.15) is 11.9 Å². The maximum absolute atomic E-state index is 10.8. The number of aromatic nitrogens is 2. The van der Waals surface area contributed by atoms with Crippen LogP contribution in [0.25, 0.3) is 6.08 Å². The molecule has 0 spiro atoms. The lowest BCUT2D eigenvalue weighted by Gasteiger charge is -1.94. The maximum atomic E-state index is 10.8. The molecule has 0 radical (unpaired) electrons. The first-order valence-corrected chi connectivity index (χ1v) is 3.22. The van der Waals surface area contributed by atoms with Crippen LogP contribution >= 0.6 is 0 Å². The number of nitrogens with zero attached hydrogens (tertiary/aromatic N) is 3. The molecule has 4 nitrogen and oxygen atoms in total. The van der Waals surface area contributed by atoms with Gasteiger partial charge in [-0.2, -0.15) is 0 Å². The molecule has 54 valence electrons. The number of ketones is 1. The van der Waals surface area contributed by atoms with Crippen molar-refractivity contribution >= 4 is 11.9 Å². The number of fused-ring (bicyclic) bond motifs is 1. The van der Waals surface area contributed by atoms with Gasteiger partial charge in [0, 0.05) is 18.5 Å². The summed E-state index contributed by atoms with van der Waals surface area (Å²) in [6, 6.07) is 0. The fourth-order valence-corrected chi connectivity index (χ4v) is 0.916. The largest absolute Gasteiger partial charge is 0.293 e. The number of hydrogen-bond acceptors (Lipinski definition) is 4. The Kier molecular flexibility index (Phi) is 1.25. The quantitative estimate of drug-likeness (QED) is 0.447. The lowest BCUT2D eigenvalue weighted by molar-refractivity contribution is -0.112. The van der Waals surface area contributed by atoms with E-state index in [1.54, 1.807) is 12.4 Å². The highest BCUT2D eigenvalue weighted by molar-refractivity contribution is 6.07. The summed E-state index contributed by atoms with van der Waals surface area (Å²) in [7, 11) is 0. The predicted molar refractivity (Wildman–Crippen MR) is 37.2 cm³/mol. The highest BCUT2D eigenvalue weighted by Gasteiger charge is 2.01. The van der Waals surface area contributed by atoms with Crippen LogP contribution in [0.5, 0.6) is 0 Å². The topological polar surface area (TPSA) is 55.2 Å². The second-order valence-electron chi connectivity index (χ2n) is 2.19. The fourth-order valence-electron chi connectivity index (χ4n) is 0.916. The molecular weight excluding hydrogens is 142 g/mol. The molecule has 0 aromatic carbocycles. The van der Waals surface area contributed by atoms with Crippen LogP contribution in [-0.4, -0.2) is 22.3 Å². The van der Waals surface area contributed by atoms with Gasteiger partial charge in [-0.05, 0) is 0 Å². The van der Waals surface area contributed by atoms with E-state index in [0.717, 1.165) is 0 Å². The Hall–Kier alpha value is -1.58. The zero-order valence-electron chi connectivity index (χ0n) is 5.69. The van der Waals surface area contributed by atoms with E-state index in [9.17, 15) is 4.79 Å². The summed E-state index contributed by atoms with van der Waals surface area (Å²) in [5.74, 6) is -0.0157. The van der Waals surface area contributed by atoms with Gasteiger partial charge in [-0.25, -0.2) is 4.98 Å². The molecule has 2 heterocycles. The minimum Gasteiger partial charge on any atom is -0.293 e. The molecule has 0 aliphatic carbocycles. The van der Waals surface area contributed by atoms with Crippen molar-refractivity contribution in [2.24, 2.45) is 4.99 Å². The summed E-state index contributed by atoms with van der Waals surface area (Å²) in [4.78, 5) is 22.6. The summed E-state index contributed by atoms with van der Waals surface area (Å²) in [5.41, 5.74) is 0.562. The maximum Gasteiger partial charge on any atom is 0.179 e. The number of hydrogen-bond donors (Lipinski definition) is 0. The standard InChI is InChI=1S/C7H5N3O/c11-5-3-6-7(10-4-5)9-2-1-8-6/h1-3H,4H2. The smallest absolute Gasteiger partial charge is 0.179 e. The molecule has 0 unspecified atom stereocenters. The van der Waals surface area contributed by atoms with Crippen molar-refractivity contribution in [1.29, 1.82) is 0 Å².